The van der Waals surface area contributed by atoms with Crippen LogP contribution in [0.3, 0.4) is 0 Å². The monoisotopic (exact) mass is 378 g/mol. The highest BCUT2D eigenvalue weighted by Crippen LogP contribution is 2.39. The number of imide groups is 1. The van der Waals surface area contributed by atoms with Gasteiger partial charge >= 0.3 is 6.03 Å². The highest BCUT2D eigenvalue weighted by molar-refractivity contribution is 6.07. The summed E-state index contributed by atoms with van der Waals surface area (Å²) in [5.74, 6) is 0.728. The van der Waals surface area contributed by atoms with Crippen LogP contribution in [-0.4, -0.2) is 30.0 Å². The maximum absolute atomic E-state index is 13.2. The van der Waals surface area contributed by atoms with E-state index >= 15 is 0 Å². The molecule has 0 radical (unpaired) electrons. The lowest BCUT2D eigenvalue weighted by molar-refractivity contribution is -0.132. The Morgan fingerprint density at radius 3 is 2.82 bits per heavy atom. The van der Waals surface area contributed by atoms with Gasteiger partial charge in [0.2, 0.25) is 0 Å². The first kappa shape index (κ1) is 18.5. The Kier molecular flexibility index (Phi) is 4.84. The number of nitrogens with one attached hydrogen (secondary N) is 1. The molecule has 4 rings (SSSR count). The van der Waals surface area contributed by atoms with Crippen molar-refractivity contribution in [3.05, 3.63) is 64.7 Å². The van der Waals surface area contributed by atoms with Crippen molar-refractivity contribution < 1.29 is 14.3 Å². The van der Waals surface area contributed by atoms with Gasteiger partial charge in [0.1, 0.15) is 11.3 Å². The number of hydrogen-bond donors (Lipinski definition) is 1. The second-order valence-corrected chi connectivity index (χ2v) is 7.77. The Hall–Kier alpha value is -2.82. The van der Waals surface area contributed by atoms with E-state index in [9.17, 15) is 9.59 Å². The van der Waals surface area contributed by atoms with Crippen LogP contribution in [0.5, 0.6) is 5.75 Å². The van der Waals surface area contributed by atoms with Gasteiger partial charge in [0.25, 0.3) is 5.91 Å². The molecule has 0 saturated carbocycles. The fourth-order valence-electron chi connectivity index (χ4n) is 4.28. The maximum atomic E-state index is 13.2. The Labute approximate surface area is 165 Å². The Bertz CT molecular complexity index is 924. The van der Waals surface area contributed by atoms with Crippen molar-refractivity contribution in [3.63, 3.8) is 0 Å². The van der Waals surface area contributed by atoms with Crippen LogP contribution < -0.4 is 10.1 Å². The number of urea groups is 1. The van der Waals surface area contributed by atoms with Gasteiger partial charge in [-0.3, -0.25) is 9.69 Å². The van der Waals surface area contributed by atoms with Gasteiger partial charge < -0.3 is 10.1 Å². The molecule has 0 unspecified atom stereocenters. The molecular formula is C23H26N2O3. The summed E-state index contributed by atoms with van der Waals surface area (Å²) < 4.78 is 5.87. The molecule has 1 aliphatic heterocycles. The second kappa shape index (κ2) is 7.30. The fourth-order valence-corrected chi connectivity index (χ4v) is 4.28. The lowest BCUT2D eigenvalue weighted by atomic mass is 9.76. The highest BCUT2D eigenvalue weighted by atomic mass is 16.5. The first-order valence-corrected chi connectivity index (χ1v) is 9.94. The van der Waals surface area contributed by atoms with E-state index in [2.05, 4.69) is 17.4 Å². The van der Waals surface area contributed by atoms with Gasteiger partial charge in [0.15, 0.2) is 0 Å². The van der Waals surface area contributed by atoms with Crippen LogP contribution >= 0.6 is 0 Å². The number of hydrogen-bond acceptors (Lipinski definition) is 3. The van der Waals surface area contributed by atoms with Crippen LogP contribution in [-0.2, 0) is 16.8 Å². The smallest absolute Gasteiger partial charge is 0.325 e. The van der Waals surface area contributed by atoms with E-state index in [1.807, 2.05) is 44.2 Å². The number of carbonyl (C=O) groups is 2. The van der Waals surface area contributed by atoms with E-state index in [1.54, 1.807) is 0 Å². The van der Waals surface area contributed by atoms with Crippen LogP contribution in [0.25, 0.3) is 0 Å². The zero-order valence-corrected chi connectivity index (χ0v) is 16.5. The Morgan fingerprint density at radius 1 is 1.14 bits per heavy atom. The Morgan fingerprint density at radius 2 is 1.96 bits per heavy atom. The third-order valence-corrected chi connectivity index (χ3v) is 5.78. The van der Waals surface area contributed by atoms with E-state index in [0.717, 1.165) is 40.8 Å². The van der Waals surface area contributed by atoms with E-state index in [4.69, 9.17) is 4.74 Å². The third-order valence-electron chi connectivity index (χ3n) is 5.78. The number of fused-ring (bicyclic) bond motifs is 2. The summed E-state index contributed by atoms with van der Waals surface area (Å²) in [7, 11) is 0. The molecule has 28 heavy (non-hydrogen) atoms. The number of carbonyl (C=O) groups excluding carboxylic acids is 2. The van der Waals surface area contributed by atoms with Gasteiger partial charge in [-0.1, -0.05) is 36.4 Å². The molecule has 2 aliphatic rings. The molecule has 2 aromatic rings. The molecule has 0 bridgehead atoms. The number of aryl methyl sites for hydroxylation is 3. The zero-order valence-electron chi connectivity index (χ0n) is 16.5. The first-order valence-electron chi connectivity index (χ1n) is 9.94. The van der Waals surface area contributed by atoms with Gasteiger partial charge in [-0.2, -0.15) is 0 Å². The normalized spacial score (nSPS) is 21.0. The van der Waals surface area contributed by atoms with Gasteiger partial charge in [-0.05, 0) is 67.9 Å². The van der Waals surface area contributed by atoms with E-state index in [1.165, 1.54) is 4.90 Å². The number of amides is 3. The van der Waals surface area contributed by atoms with Crippen LogP contribution in [0.2, 0.25) is 0 Å². The predicted octanol–water partition coefficient (Wildman–Crippen LogP) is 3.86. The topological polar surface area (TPSA) is 58.6 Å². The van der Waals surface area contributed by atoms with Crippen LogP contribution in [0.15, 0.2) is 42.5 Å². The van der Waals surface area contributed by atoms with Crippen LogP contribution in [0, 0.1) is 13.8 Å². The van der Waals surface area contributed by atoms with E-state index in [0.29, 0.717) is 26.0 Å². The number of rotatable bonds is 5. The van der Waals surface area contributed by atoms with Crippen molar-refractivity contribution in [2.45, 2.75) is 45.1 Å². The van der Waals surface area contributed by atoms with E-state index < -0.39 is 5.54 Å². The molecule has 146 valence electrons. The van der Waals surface area contributed by atoms with Crippen molar-refractivity contribution >= 4 is 11.9 Å². The summed E-state index contributed by atoms with van der Waals surface area (Å²) in [5, 5.41) is 3.00. The van der Waals surface area contributed by atoms with Crippen LogP contribution in [0.4, 0.5) is 4.79 Å². The van der Waals surface area contributed by atoms with Gasteiger partial charge in [-0.25, -0.2) is 4.79 Å². The molecule has 1 aliphatic carbocycles. The molecule has 5 heteroatoms. The zero-order chi connectivity index (χ0) is 19.7. The average Bonchev–Trinajstić information content (AvgIpc) is 2.92. The number of ether oxygens (including phenoxy) is 1. The van der Waals surface area contributed by atoms with Crippen molar-refractivity contribution in [1.29, 1.82) is 0 Å². The average molecular weight is 378 g/mol. The van der Waals surface area contributed by atoms with Gasteiger partial charge in [-0.15, -0.1) is 0 Å². The highest BCUT2D eigenvalue weighted by Gasteiger charge is 2.53. The number of nitrogens with zero attached hydrogens (tertiary/aromatic N) is 1. The lowest BCUT2D eigenvalue weighted by Crippen LogP contribution is -2.46. The molecule has 2 aromatic carbocycles. The first-order chi connectivity index (χ1) is 13.5. The molecule has 1 fully saturated rings. The van der Waals surface area contributed by atoms with Crippen molar-refractivity contribution in [2.75, 3.05) is 13.2 Å². The molecule has 1 spiro atoms. The molecule has 3 amide bonds. The molecule has 1 heterocycles. The summed E-state index contributed by atoms with van der Waals surface area (Å²) in [4.78, 5) is 27.2. The third kappa shape index (κ3) is 3.15. The molecular weight excluding hydrogens is 352 g/mol. The predicted molar refractivity (Wildman–Crippen MR) is 107 cm³/mol. The van der Waals surface area contributed by atoms with Crippen molar-refractivity contribution in [3.8, 4) is 5.75 Å². The van der Waals surface area contributed by atoms with E-state index in [-0.39, 0.29) is 11.9 Å². The molecule has 0 aromatic heterocycles. The van der Waals surface area contributed by atoms with Gasteiger partial charge in [0, 0.05) is 6.54 Å². The van der Waals surface area contributed by atoms with Crippen molar-refractivity contribution in [2.24, 2.45) is 0 Å². The van der Waals surface area contributed by atoms with Gasteiger partial charge in [0.05, 0.1) is 6.61 Å². The fraction of sp³-hybridized carbons (Fsp3) is 0.391. The quantitative estimate of drug-likeness (QED) is 0.635. The van der Waals surface area contributed by atoms with Crippen LogP contribution in [0.1, 0.15) is 41.5 Å². The molecule has 1 N–H and O–H groups in total. The minimum atomic E-state index is -0.889. The summed E-state index contributed by atoms with van der Waals surface area (Å²) in [6.07, 6.45) is 3.10. The SMILES string of the molecule is Cc1ccc(C)c(OCCCN2C(=O)N[C@@]3(CCCc4ccccc43)C2=O)c1. The molecule has 5 nitrogen and oxygen atoms in total. The lowest BCUT2D eigenvalue weighted by Gasteiger charge is -2.33. The summed E-state index contributed by atoms with van der Waals surface area (Å²) in [6.45, 7) is 4.86. The van der Waals surface area contributed by atoms with Crippen molar-refractivity contribution in [1.82, 2.24) is 10.2 Å². The molecule has 1 saturated heterocycles. The minimum absolute atomic E-state index is 0.128. The number of benzene rings is 2. The maximum Gasteiger partial charge on any atom is 0.325 e. The minimum Gasteiger partial charge on any atom is -0.493 e. The molecule has 1 atom stereocenters. The standard InChI is InChI=1S/C23H26N2O3/c1-16-10-11-17(2)20(15-16)28-14-6-13-25-21(26)23(24-22(25)27)12-5-8-18-7-3-4-9-19(18)23/h3-4,7,9-11,15H,5-6,8,12-14H2,1-2H3,(H,24,27)/t23-/m1/s1. The summed E-state index contributed by atoms with van der Waals surface area (Å²) >= 11 is 0. The Balaban J connectivity index is 1.42. The summed E-state index contributed by atoms with van der Waals surface area (Å²) in [6, 6.07) is 13.7. The summed E-state index contributed by atoms with van der Waals surface area (Å²) in [5.41, 5.74) is 3.45. The largest absolute Gasteiger partial charge is 0.493 e. The second-order valence-electron chi connectivity index (χ2n) is 7.77.